The number of nitrogens with one attached hydrogen (secondary N) is 2. The van der Waals surface area contributed by atoms with E-state index in [0.29, 0.717) is 28.4 Å². The van der Waals surface area contributed by atoms with Crippen molar-refractivity contribution in [2.45, 2.75) is 0 Å². The second-order valence-corrected chi connectivity index (χ2v) is 5.85. The molecule has 0 spiro atoms. The van der Waals surface area contributed by atoms with Crippen molar-refractivity contribution < 1.29 is 19.1 Å². The zero-order valence-electron chi connectivity index (χ0n) is 15.3. The van der Waals surface area contributed by atoms with E-state index in [-0.39, 0.29) is 18.4 Å². The highest BCUT2D eigenvalue weighted by atomic mass is 16.5. The molecule has 0 aromatic heterocycles. The van der Waals surface area contributed by atoms with Gasteiger partial charge >= 0.3 is 0 Å². The Hall–Kier alpha value is -3.80. The summed E-state index contributed by atoms with van der Waals surface area (Å²) in [6.45, 7) is -0.160. The summed E-state index contributed by atoms with van der Waals surface area (Å²) >= 11 is 0. The second-order valence-electron chi connectivity index (χ2n) is 5.85. The van der Waals surface area contributed by atoms with Crippen LogP contribution in [0.3, 0.4) is 0 Å². The van der Waals surface area contributed by atoms with Gasteiger partial charge in [0.15, 0.2) is 6.61 Å². The van der Waals surface area contributed by atoms with Crippen LogP contribution < -0.4 is 20.1 Å². The van der Waals surface area contributed by atoms with Gasteiger partial charge in [-0.15, -0.1) is 0 Å². The Kier molecular flexibility index (Phi) is 6.25. The predicted octanol–water partition coefficient (Wildman–Crippen LogP) is 3.97. The van der Waals surface area contributed by atoms with Crippen molar-refractivity contribution in [2.75, 3.05) is 24.4 Å². The van der Waals surface area contributed by atoms with Crippen LogP contribution >= 0.6 is 0 Å². The normalized spacial score (nSPS) is 10.0. The van der Waals surface area contributed by atoms with Crippen molar-refractivity contribution in [1.82, 2.24) is 0 Å². The maximum Gasteiger partial charge on any atom is 0.262 e. The minimum Gasteiger partial charge on any atom is -0.495 e. The summed E-state index contributed by atoms with van der Waals surface area (Å²) in [6, 6.07) is 22.9. The van der Waals surface area contributed by atoms with E-state index in [4.69, 9.17) is 9.47 Å². The Labute approximate surface area is 163 Å². The van der Waals surface area contributed by atoms with Crippen molar-refractivity contribution in [3.8, 4) is 11.5 Å². The van der Waals surface area contributed by atoms with Crippen LogP contribution in [0, 0.1) is 0 Å². The first-order chi connectivity index (χ1) is 13.7. The van der Waals surface area contributed by atoms with Gasteiger partial charge in [0.25, 0.3) is 11.8 Å². The molecule has 28 heavy (non-hydrogen) atoms. The summed E-state index contributed by atoms with van der Waals surface area (Å²) in [6.07, 6.45) is 0. The van der Waals surface area contributed by atoms with Crippen molar-refractivity contribution in [2.24, 2.45) is 0 Å². The molecule has 0 heterocycles. The van der Waals surface area contributed by atoms with E-state index in [2.05, 4.69) is 10.6 Å². The lowest BCUT2D eigenvalue weighted by Crippen LogP contribution is -2.22. The fourth-order valence-corrected chi connectivity index (χ4v) is 2.58. The smallest absolute Gasteiger partial charge is 0.262 e. The van der Waals surface area contributed by atoms with Crippen molar-refractivity contribution in [3.05, 3.63) is 84.4 Å². The number of amides is 2. The van der Waals surface area contributed by atoms with Crippen LogP contribution in [0.1, 0.15) is 10.4 Å². The molecule has 0 radical (unpaired) electrons. The second kappa shape index (κ2) is 9.23. The third-order valence-corrected chi connectivity index (χ3v) is 3.91. The lowest BCUT2D eigenvalue weighted by molar-refractivity contribution is -0.118. The van der Waals surface area contributed by atoms with Crippen molar-refractivity contribution in [3.63, 3.8) is 0 Å². The van der Waals surface area contributed by atoms with E-state index >= 15 is 0 Å². The van der Waals surface area contributed by atoms with Crippen molar-refractivity contribution in [1.29, 1.82) is 0 Å². The van der Waals surface area contributed by atoms with E-state index in [9.17, 15) is 9.59 Å². The summed E-state index contributed by atoms with van der Waals surface area (Å²) in [4.78, 5) is 24.9. The average molecular weight is 376 g/mol. The van der Waals surface area contributed by atoms with Crippen LogP contribution in [-0.4, -0.2) is 25.5 Å². The molecule has 2 amide bonds. The van der Waals surface area contributed by atoms with Gasteiger partial charge in [0, 0.05) is 0 Å². The minimum absolute atomic E-state index is 0.160. The van der Waals surface area contributed by atoms with Crippen LogP contribution in [0.15, 0.2) is 78.9 Å². The number of methoxy groups -OCH3 is 1. The van der Waals surface area contributed by atoms with Gasteiger partial charge in [-0.1, -0.05) is 42.5 Å². The first kappa shape index (κ1) is 19.0. The van der Waals surface area contributed by atoms with Gasteiger partial charge in [0.1, 0.15) is 11.5 Å². The highest BCUT2D eigenvalue weighted by molar-refractivity contribution is 6.10. The summed E-state index contributed by atoms with van der Waals surface area (Å²) in [7, 11) is 1.53. The van der Waals surface area contributed by atoms with Gasteiger partial charge in [0.05, 0.1) is 24.0 Å². The molecule has 0 unspecified atom stereocenters. The topological polar surface area (TPSA) is 76.7 Å². The summed E-state index contributed by atoms with van der Waals surface area (Å²) < 4.78 is 10.7. The molecule has 3 aromatic carbocycles. The molecule has 3 rings (SSSR count). The molecule has 0 fully saturated rings. The molecular weight excluding hydrogens is 356 g/mol. The lowest BCUT2D eigenvalue weighted by Gasteiger charge is -2.13. The highest BCUT2D eigenvalue weighted by Gasteiger charge is 2.15. The van der Waals surface area contributed by atoms with E-state index in [0.717, 1.165) is 0 Å². The molecule has 0 saturated heterocycles. The number of ether oxygens (including phenoxy) is 2. The fraction of sp³-hybridized carbons (Fsp3) is 0.0909. The Morgan fingerprint density at radius 1 is 0.786 bits per heavy atom. The third-order valence-electron chi connectivity index (χ3n) is 3.91. The van der Waals surface area contributed by atoms with Crippen LogP contribution in [0.5, 0.6) is 11.5 Å². The summed E-state index contributed by atoms with van der Waals surface area (Å²) in [5.41, 5.74) is 1.28. The van der Waals surface area contributed by atoms with Gasteiger partial charge in [-0.05, 0) is 36.4 Å². The predicted molar refractivity (Wildman–Crippen MR) is 108 cm³/mol. The fourth-order valence-electron chi connectivity index (χ4n) is 2.58. The quantitative estimate of drug-likeness (QED) is 0.654. The number of para-hydroxylation sites is 4. The van der Waals surface area contributed by atoms with Gasteiger partial charge in [0.2, 0.25) is 0 Å². The Morgan fingerprint density at radius 3 is 2.18 bits per heavy atom. The minimum atomic E-state index is -0.360. The van der Waals surface area contributed by atoms with Crippen LogP contribution in [-0.2, 0) is 4.79 Å². The standard InChI is InChI=1S/C22H20N2O4/c1-27-20-14-8-7-13-19(20)24-22(26)17-11-5-6-12-18(17)23-21(25)15-28-16-9-3-2-4-10-16/h2-14H,15H2,1H3,(H,23,25)(H,24,26). The molecule has 2 N–H and O–H groups in total. The molecule has 0 bridgehead atoms. The van der Waals surface area contributed by atoms with Crippen LogP contribution in [0.25, 0.3) is 0 Å². The number of hydrogen-bond acceptors (Lipinski definition) is 4. The summed E-state index contributed by atoms with van der Waals surface area (Å²) in [5, 5.41) is 5.52. The molecule has 6 heteroatoms. The van der Waals surface area contributed by atoms with Gasteiger partial charge in [-0.25, -0.2) is 0 Å². The molecule has 3 aromatic rings. The molecule has 6 nitrogen and oxygen atoms in total. The van der Waals surface area contributed by atoms with Crippen LogP contribution in [0.4, 0.5) is 11.4 Å². The lowest BCUT2D eigenvalue weighted by atomic mass is 10.1. The number of hydrogen-bond donors (Lipinski definition) is 2. The first-order valence-electron chi connectivity index (χ1n) is 8.68. The average Bonchev–Trinajstić information content (AvgIpc) is 2.74. The molecule has 0 saturated carbocycles. The Balaban J connectivity index is 1.68. The number of carbonyl (C=O) groups excluding carboxylic acids is 2. The Morgan fingerprint density at radius 2 is 1.43 bits per heavy atom. The van der Waals surface area contributed by atoms with E-state index < -0.39 is 0 Å². The monoisotopic (exact) mass is 376 g/mol. The van der Waals surface area contributed by atoms with Gasteiger partial charge in [-0.2, -0.15) is 0 Å². The number of anilines is 2. The molecule has 0 atom stereocenters. The SMILES string of the molecule is COc1ccccc1NC(=O)c1ccccc1NC(=O)COc1ccccc1. The highest BCUT2D eigenvalue weighted by Crippen LogP contribution is 2.25. The number of rotatable bonds is 7. The molecule has 0 aliphatic rings. The Bertz CT molecular complexity index is 958. The maximum absolute atomic E-state index is 12.7. The molecule has 0 aliphatic heterocycles. The maximum atomic E-state index is 12.7. The third kappa shape index (κ3) is 4.88. The number of benzene rings is 3. The van der Waals surface area contributed by atoms with Crippen molar-refractivity contribution >= 4 is 23.2 Å². The molecule has 142 valence electrons. The number of carbonyl (C=O) groups is 2. The zero-order valence-corrected chi connectivity index (χ0v) is 15.3. The van der Waals surface area contributed by atoms with Gasteiger partial charge in [-0.3, -0.25) is 9.59 Å². The van der Waals surface area contributed by atoms with E-state index in [1.807, 2.05) is 24.3 Å². The molecular formula is C22H20N2O4. The first-order valence-corrected chi connectivity index (χ1v) is 8.68. The largest absolute Gasteiger partial charge is 0.495 e. The molecule has 0 aliphatic carbocycles. The van der Waals surface area contributed by atoms with Gasteiger partial charge < -0.3 is 20.1 Å². The summed E-state index contributed by atoms with van der Waals surface area (Å²) in [5.74, 6) is 0.430. The van der Waals surface area contributed by atoms with E-state index in [1.54, 1.807) is 54.6 Å². The zero-order chi connectivity index (χ0) is 19.8. The van der Waals surface area contributed by atoms with Crippen LogP contribution in [0.2, 0.25) is 0 Å². The van der Waals surface area contributed by atoms with E-state index in [1.165, 1.54) is 7.11 Å².